The molecular weight excluding hydrogens is 374 g/mol. The van der Waals surface area contributed by atoms with Crippen LogP contribution in [-0.4, -0.2) is 22.5 Å². The molecule has 1 fully saturated rings. The number of nitrogens with zero attached hydrogens (tertiary/aromatic N) is 1. The van der Waals surface area contributed by atoms with E-state index in [1.165, 1.54) is 12.3 Å². The van der Waals surface area contributed by atoms with Crippen LogP contribution in [0.5, 0.6) is 0 Å². The van der Waals surface area contributed by atoms with Crippen molar-refractivity contribution in [1.29, 1.82) is 0 Å². The number of halogens is 3. The summed E-state index contributed by atoms with van der Waals surface area (Å²) >= 11 is 5.97. The zero-order chi connectivity index (χ0) is 19.0. The summed E-state index contributed by atoms with van der Waals surface area (Å²) in [6, 6.07) is 3.56. The van der Waals surface area contributed by atoms with Gasteiger partial charge in [0.2, 0.25) is 0 Å². The quantitative estimate of drug-likeness (QED) is 0.595. The predicted molar refractivity (Wildman–Crippen MR) is 100 cm³/mol. The number of carbonyl (C=O) groups is 1. The van der Waals surface area contributed by atoms with Crippen molar-refractivity contribution in [3.05, 3.63) is 58.4 Å². The number of H-pyrrole nitrogens is 1. The van der Waals surface area contributed by atoms with Gasteiger partial charge >= 0.3 is 6.03 Å². The van der Waals surface area contributed by atoms with E-state index in [0.29, 0.717) is 34.1 Å². The summed E-state index contributed by atoms with van der Waals surface area (Å²) < 4.78 is 29.1. The molecule has 2 aromatic heterocycles. The second-order valence-electron chi connectivity index (χ2n) is 6.71. The standard InChI is InChI=1S/C19H17ClF2N4O/c20-12-6-13-11(8-23-18(13)24-9-12)5-14-15(21)3-4-16(17(14)22)26-19(27)25-7-10-1-2-10/h3-4,6,8-10H,1-2,5,7H2,(H,23,24)(H2,25,26,27). The van der Waals surface area contributed by atoms with E-state index < -0.39 is 17.7 Å². The van der Waals surface area contributed by atoms with Crippen molar-refractivity contribution in [3.8, 4) is 0 Å². The predicted octanol–water partition coefficient (Wildman–Crippen LogP) is 4.62. The zero-order valence-electron chi connectivity index (χ0n) is 14.3. The van der Waals surface area contributed by atoms with Gasteiger partial charge in [-0.15, -0.1) is 0 Å². The van der Waals surface area contributed by atoms with Gasteiger partial charge < -0.3 is 15.6 Å². The molecule has 1 aliphatic carbocycles. The Morgan fingerprint density at radius 3 is 2.93 bits per heavy atom. The molecule has 0 bridgehead atoms. The molecule has 2 heterocycles. The molecule has 0 aliphatic heterocycles. The number of rotatable bonds is 5. The third-order valence-electron chi connectivity index (χ3n) is 4.63. The van der Waals surface area contributed by atoms with Crippen molar-refractivity contribution in [1.82, 2.24) is 15.3 Å². The Hall–Kier alpha value is -2.67. The molecule has 5 nitrogen and oxygen atoms in total. The maximum absolute atomic E-state index is 14.8. The highest BCUT2D eigenvalue weighted by Crippen LogP contribution is 2.29. The number of amides is 2. The summed E-state index contributed by atoms with van der Waals surface area (Å²) in [5.41, 5.74) is 1.06. The normalized spacial score (nSPS) is 13.7. The van der Waals surface area contributed by atoms with Crippen LogP contribution in [0.2, 0.25) is 5.02 Å². The number of pyridine rings is 1. The Kier molecular flexibility index (Phi) is 4.70. The highest BCUT2D eigenvalue weighted by molar-refractivity contribution is 6.31. The average molecular weight is 391 g/mol. The van der Waals surface area contributed by atoms with Gasteiger partial charge in [0.05, 0.1) is 10.7 Å². The lowest BCUT2D eigenvalue weighted by Gasteiger charge is -2.11. The molecule has 3 aromatic rings. The van der Waals surface area contributed by atoms with Crippen LogP contribution in [0, 0.1) is 17.6 Å². The Morgan fingerprint density at radius 1 is 1.33 bits per heavy atom. The number of benzene rings is 1. The van der Waals surface area contributed by atoms with Crippen molar-refractivity contribution < 1.29 is 13.6 Å². The van der Waals surface area contributed by atoms with E-state index >= 15 is 0 Å². The Bertz CT molecular complexity index is 1020. The topological polar surface area (TPSA) is 69.8 Å². The van der Waals surface area contributed by atoms with Crippen LogP contribution in [0.3, 0.4) is 0 Å². The summed E-state index contributed by atoms with van der Waals surface area (Å²) in [5.74, 6) is -0.964. The largest absolute Gasteiger partial charge is 0.346 e. The van der Waals surface area contributed by atoms with E-state index in [1.54, 1.807) is 12.3 Å². The summed E-state index contributed by atoms with van der Waals surface area (Å²) in [5, 5.41) is 6.28. The van der Waals surface area contributed by atoms with E-state index in [0.717, 1.165) is 18.9 Å². The van der Waals surface area contributed by atoms with E-state index in [2.05, 4.69) is 20.6 Å². The monoisotopic (exact) mass is 390 g/mol. The van der Waals surface area contributed by atoms with Crippen LogP contribution in [-0.2, 0) is 6.42 Å². The number of nitrogens with one attached hydrogen (secondary N) is 3. The lowest BCUT2D eigenvalue weighted by Crippen LogP contribution is -2.30. The van der Waals surface area contributed by atoms with Gasteiger partial charge in [-0.25, -0.2) is 18.6 Å². The first-order valence-electron chi connectivity index (χ1n) is 8.64. The van der Waals surface area contributed by atoms with Gasteiger partial charge in [0, 0.05) is 36.3 Å². The molecule has 8 heteroatoms. The SMILES string of the molecule is O=C(NCC1CC1)Nc1ccc(F)c(Cc2c[nH]c3ncc(Cl)cc23)c1F. The number of hydrogen-bond donors (Lipinski definition) is 3. The maximum Gasteiger partial charge on any atom is 0.319 e. The number of carbonyl (C=O) groups excluding carboxylic acids is 1. The first-order valence-corrected chi connectivity index (χ1v) is 9.02. The molecule has 0 unspecified atom stereocenters. The fourth-order valence-corrected chi connectivity index (χ4v) is 3.11. The van der Waals surface area contributed by atoms with Crippen LogP contribution in [0.15, 0.2) is 30.6 Å². The van der Waals surface area contributed by atoms with Crippen molar-refractivity contribution in [2.45, 2.75) is 19.3 Å². The summed E-state index contributed by atoms with van der Waals surface area (Å²) in [6.07, 6.45) is 5.34. The van der Waals surface area contributed by atoms with E-state index in [-0.39, 0.29) is 17.7 Å². The van der Waals surface area contributed by atoms with Crippen LogP contribution >= 0.6 is 11.6 Å². The maximum atomic E-state index is 14.8. The fourth-order valence-electron chi connectivity index (χ4n) is 2.95. The summed E-state index contributed by atoms with van der Waals surface area (Å²) in [6.45, 7) is 0.560. The van der Waals surface area contributed by atoms with Crippen LogP contribution in [0.25, 0.3) is 11.0 Å². The smallest absolute Gasteiger partial charge is 0.319 e. The van der Waals surface area contributed by atoms with Gasteiger partial charge in [0.1, 0.15) is 11.5 Å². The molecule has 1 aliphatic rings. The average Bonchev–Trinajstić information content (AvgIpc) is 3.40. The third-order valence-corrected chi connectivity index (χ3v) is 4.84. The minimum Gasteiger partial charge on any atom is -0.346 e. The fraction of sp³-hybridized carbons (Fsp3) is 0.263. The van der Waals surface area contributed by atoms with Crippen molar-refractivity contribution in [3.63, 3.8) is 0 Å². The molecule has 0 radical (unpaired) electrons. The second-order valence-corrected chi connectivity index (χ2v) is 7.14. The third kappa shape index (κ3) is 3.88. The highest BCUT2D eigenvalue weighted by atomic mass is 35.5. The molecule has 27 heavy (non-hydrogen) atoms. The molecule has 0 spiro atoms. The number of hydrogen-bond acceptors (Lipinski definition) is 2. The number of aromatic amines is 1. The minimum absolute atomic E-state index is 0.00109. The molecule has 1 saturated carbocycles. The second kappa shape index (κ2) is 7.15. The van der Waals surface area contributed by atoms with Crippen molar-refractivity contribution in [2.24, 2.45) is 5.92 Å². The molecule has 3 N–H and O–H groups in total. The Balaban J connectivity index is 1.58. The Morgan fingerprint density at radius 2 is 2.15 bits per heavy atom. The molecular formula is C19H17ClF2N4O. The first kappa shape index (κ1) is 17.7. The zero-order valence-corrected chi connectivity index (χ0v) is 15.0. The number of fused-ring (bicyclic) bond motifs is 1. The van der Waals surface area contributed by atoms with Crippen LogP contribution < -0.4 is 10.6 Å². The van der Waals surface area contributed by atoms with Gasteiger partial charge in [0.15, 0.2) is 5.82 Å². The summed E-state index contributed by atoms with van der Waals surface area (Å²) in [7, 11) is 0. The highest BCUT2D eigenvalue weighted by Gasteiger charge is 2.22. The van der Waals surface area contributed by atoms with Gasteiger partial charge in [-0.2, -0.15) is 0 Å². The van der Waals surface area contributed by atoms with Gasteiger partial charge in [0.25, 0.3) is 0 Å². The first-order chi connectivity index (χ1) is 13.0. The Labute approximate surface area is 159 Å². The lowest BCUT2D eigenvalue weighted by atomic mass is 10.0. The number of anilines is 1. The van der Waals surface area contributed by atoms with Crippen molar-refractivity contribution >= 4 is 34.4 Å². The molecule has 0 atom stereocenters. The minimum atomic E-state index is -0.791. The van der Waals surface area contributed by atoms with Gasteiger partial charge in [-0.05, 0) is 42.5 Å². The van der Waals surface area contributed by atoms with E-state index in [9.17, 15) is 13.6 Å². The van der Waals surface area contributed by atoms with Crippen LogP contribution in [0.4, 0.5) is 19.3 Å². The van der Waals surface area contributed by atoms with E-state index in [4.69, 9.17) is 11.6 Å². The molecule has 4 rings (SSSR count). The molecule has 0 saturated heterocycles. The molecule has 1 aromatic carbocycles. The number of urea groups is 1. The molecule has 140 valence electrons. The van der Waals surface area contributed by atoms with Crippen molar-refractivity contribution in [2.75, 3.05) is 11.9 Å². The van der Waals surface area contributed by atoms with Crippen LogP contribution in [0.1, 0.15) is 24.0 Å². The van der Waals surface area contributed by atoms with E-state index in [1.807, 2.05) is 0 Å². The number of aromatic nitrogens is 2. The summed E-state index contributed by atoms with van der Waals surface area (Å²) in [4.78, 5) is 19.0. The van der Waals surface area contributed by atoms with Gasteiger partial charge in [-0.3, -0.25) is 0 Å². The van der Waals surface area contributed by atoms with Gasteiger partial charge in [-0.1, -0.05) is 11.6 Å². The lowest BCUT2D eigenvalue weighted by molar-refractivity contribution is 0.251. The molecule has 2 amide bonds.